The van der Waals surface area contributed by atoms with Crippen LogP contribution in [0.15, 0.2) is 11.4 Å². The normalized spacial score (nSPS) is 26.6. The highest BCUT2D eigenvalue weighted by Gasteiger charge is 2.46. The number of phosphoric ester groups is 1. The van der Waals surface area contributed by atoms with Gasteiger partial charge in [-0.2, -0.15) is 0 Å². The lowest BCUT2D eigenvalue weighted by Crippen LogP contribution is -2.34. The molecule has 1 aliphatic heterocycles. The van der Waals surface area contributed by atoms with Crippen molar-refractivity contribution in [3.8, 4) is 0 Å². The Bertz CT molecular complexity index is 1280. The summed E-state index contributed by atoms with van der Waals surface area (Å²) in [5, 5.41) is 23.9. The summed E-state index contributed by atoms with van der Waals surface area (Å²) in [6, 6.07) is 0. The number of hydrogen-bond donors (Lipinski definition) is 3. The molecule has 0 amide bonds. The third-order valence-electron chi connectivity index (χ3n) is 4.01. The standard InChI is InChI=1S/C10H15N8O13P3/c11-7-4-8(14-2-13-7)18(10(15-4)16-17-12)9-6(20)5(19)3(29-9)1-28-33(24,25)31-34(26,27)30-32(21,22)23/h2-3,5-6,9,19-20H,1H2,(H,24,25)(H,26,27)(H2,11,13,14)(H2,21,22,23)/p-4. The highest BCUT2D eigenvalue weighted by molar-refractivity contribution is 7.64. The Balaban J connectivity index is 1.80. The number of aliphatic hydroxyl groups is 2. The summed E-state index contributed by atoms with van der Waals surface area (Å²) >= 11 is 0. The second kappa shape index (κ2) is 9.54. The molecular weight excluding hydrogens is 533 g/mol. The van der Waals surface area contributed by atoms with E-state index in [-0.39, 0.29) is 17.0 Å². The molecule has 1 saturated heterocycles. The van der Waals surface area contributed by atoms with Crippen molar-refractivity contribution in [2.75, 3.05) is 12.3 Å². The molecule has 3 rings (SSSR count). The van der Waals surface area contributed by atoms with Crippen LogP contribution < -0.4 is 25.3 Å². The third kappa shape index (κ3) is 5.95. The fourth-order valence-electron chi connectivity index (χ4n) is 2.79. The molecule has 6 unspecified atom stereocenters. The number of nitrogens with zero attached hydrogens (tertiary/aromatic N) is 7. The molecule has 2 aromatic heterocycles. The summed E-state index contributed by atoms with van der Waals surface area (Å²) in [7, 11) is -18.3. The lowest BCUT2D eigenvalue weighted by Gasteiger charge is -2.37. The van der Waals surface area contributed by atoms with E-state index in [1.54, 1.807) is 0 Å². The first-order chi connectivity index (χ1) is 15.6. The van der Waals surface area contributed by atoms with Crippen molar-refractivity contribution in [2.45, 2.75) is 24.5 Å². The zero-order valence-corrected chi connectivity index (χ0v) is 18.7. The summed E-state index contributed by atoms with van der Waals surface area (Å²) in [6.45, 7) is -1.18. The van der Waals surface area contributed by atoms with E-state index < -0.39 is 60.6 Å². The van der Waals surface area contributed by atoms with Gasteiger partial charge in [0, 0.05) is 4.91 Å². The Kier molecular flexibility index (Phi) is 7.45. The van der Waals surface area contributed by atoms with Crippen LogP contribution in [-0.2, 0) is 31.6 Å². The van der Waals surface area contributed by atoms with E-state index in [4.69, 9.17) is 16.0 Å². The van der Waals surface area contributed by atoms with Crippen LogP contribution >= 0.6 is 23.5 Å². The second-order valence-corrected chi connectivity index (χ2v) is 10.5. The number of ether oxygens (including phenoxy) is 1. The van der Waals surface area contributed by atoms with Gasteiger partial charge in [-0.05, 0) is 10.6 Å². The number of azide groups is 1. The molecule has 6 atom stereocenters. The van der Waals surface area contributed by atoms with Crippen molar-refractivity contribution in [3.05, 3.63) is 16.8 Å². The number of nitrogens with two attached hydrogens (primary N) is 1. The monoisotopic (exact) mass is 544 g/mol. The van der Waals surface area contributed by atoms with Gasteiger partial charge in [-0.1, -0.05) is 0 Å². The van der Waals surface area contributed by atoms with Crippen molar-refractivity contribution >= 4 is 46.4 Å². The number of nitrogen functional groups attached to an aromatic ring is 1. The van der Waals surface area contributed by atoms with Gasteiger partial charge in [0.25, 0.3) is 15.6 Å². The minimum absolute atomic E-state index is 0.0624. The zero-order chi connectivity index (χ0) is 25.5. The van der Waals surface area contributed by atoms with Crippen molar-refractivity contribution < 1.29 is 61.4 Å². The van der Waals surface area contributed by atoms with Gasteiger partial charge in [-0.15, -0.1) is 0 Å². The summed E-state index contributed by atoms with van der Waals surface area (Å²) in [5.74, 6) is -0.565. The van der Waals surface area contributed by atoms with E-state index in [1.165, 1.54) is 0 Å². The molecule has 4 N–H and O–H groups in total. The van der Waals surface area contributed by atoms with Crippen LogP contribution in [0.4, 0.5) is 11.8 Å². The van der Waals surface area contributed by atoms with Crippen LogP contribution in [0.25, 0.3) is 21.6 Å². The quantitative estimate of drug-likeness (QED) is 0.121. The Hall–Kier alpha value is -2.05. The number of rotatable bonds is 9. The number of fused-ring (bicyclic) bond motifs is 1. The van der Waals surface area contributed by atoms with E-state index in [0.717, 1.165) is 10.9 Å². The van der Waals surface area contributed by atoms with E-state index >= 15 is 0 Å². The Morgan fingerprint density at radius 3 is 2.47 bits per heavy atom. The lowest BCUT2D eigenvalue weighted by molar-refractivity contribution is -0.339. The molecule has 1 aliphatic rings. The molecular formula is C10H11N8O13P3-4. The maximum atomic E-state index is 11.7. The largest absolute Gasteiger partial charge is 0.790 e. The molecule has 24 heteroatoms. The van der Waals surface area contributed by atoms with Gasteiger partial charge in [0.1, 0.15) is 24.6 Å². The zero-order valence-electron chi connectivity index (χ0n) is 16.0. The van der Waals surface area contributed by atoms with E-state index in [2.05, 4.69) is 38.1 Å². The first-order valence-corrected chi connectivity index (χ1v) is 12.8. The van der Waals surface area contributed by atoms with Crippen LogP contribution in [0.1, 0.15) is 6.23 Å². The van der Waals surface area contributed by atoms with Crippen LogP contribution in [0.2, 0.25) is 0 Å². The van der Waals surface area contributed by atoms with E-state index in [1.807, 2.05) is 0 Å². The maximum absolute atomic E-state index is 11.7. The smallest absolute Gasteiger partial charge is 0.278 e. The van der Waals surface area contributed by atoms with Gasteiger partial charge in [-0.3, -0.25) is 18.0 Å². The summed E-state index contributed by atoms with van der Waals surface area (Å²) in [6.07, 6.45) is -5.98. The highest BCUT2D eigenvalue weighted by atomic mass is 31.3. The average Bonchev–Trinajstić information content (AvgIpc) is 3.16. The molecule has 34 heavy (non-hydrogen) atoms. The van der Waals surface area contributed by atoms with Crippen molar-refractivity contribution in [2.24, 2.45) is 5.11 Å². The Labute approximate surface area is 186 Å². The van der Waals surface area contributed by atoms with Gasteiger partial charge in [0.05, 0.1) is 14.4 Å². The number of anilines is 1. The first-order valence-electron chi connectivity index (χ1n) is 8.40. The van der Waals surface area contributed by atoms with Gasteiger partial charge >= 0.3 is 0 Å². The molecule has 3 heterocycles. The van der Waals surface area contributed by atoms with Crippen LogP contribution in [0.3, 0.4) is 0 Å². The molecule has 0 aromatic carbocycles. The number of aliphatic hydroxyl groups excluding tert-OH is 2. The Morgan fingerprint density at radius 1 is 1.18 bits per heavy atom. The topological polar surface area (TPSA) is 339 Å². The molecule has 21 nitrogen and oxygen atoms in total. The molecule has 0 aliphatic carbocycles. The molecule has 0 saturated carbocycles. The SMILES string of the molecule is [N-]=[N+]=Nc1nc2c(N)ncnc2n1C1OC(COP(=O)([O-])OP(=O)([O-])OP(=O)([O-])[O-])C(O)C1O. The van der Waals surface area contributed by atoms with Crippen molar-refractivity contribution in [1.29, 1.82) is 0 Å². The average molecular weight is 544 g/mol. The molecule has 0 bridgehead atoms. The van der Waals surface area contributed by atoms with Crippen molar-refractivity contribution in [1.82, 2.24) is 19.5 Å². The number of imidazole rings is 1. The molecule has 0 radical (unpaired) electrons. The fraction of sp³-hybridized carbons (Fsp3) is 0.500. The van der Waals surface area contributed by atoms with Crippen LogP contribution in [0, 0.1) is 0 Å². The van der Waals surface area contributed by atoms with Crippen LogP contribution in [-0.4, -0.2) is 54.7 Å². The summed E-state index contributed by atoms with van der Waals surface area (Å²) < 4.78 is 50.1. The van der Waals surface area contributed by atoms with Crippen molar-refractivity contribution in [3.63, 3.8) is 0 Å². The minimum Gasteiger partial charge on any atom is -0.790 e. The van der Waals surface area contributed by atoms with Gasteiger partial charge in [0.15, 0.2) is 23.2 Å². The first kappa shape index (κ1) is 26.6. The molecule has 0 spiro atoms. The second-order valence-electron chi connectivity index (χ2n) is 6.25. The number of hydrogen-bond acceptors (Lipinski definition) is 18. The minimum atomic E-state index is -6.20. The van der Waals surface area contributed by atoms with Crippen LogP contribution in [0.5, 0.6) is 0 Å². The van der Waals surface area contributed by atoms with Gasteiger partial charge in [0.2, 0.25) is 5.95 Å². The summed E-state index contributed by atoms with van der Waals surface area (Å²) in [4.78, 5) is 57.6. The molecule has 2 aromatic rings. The van der Waals surface area contributed by atoms with E-state index in [9.17, 15) is 43.5 Å². The number of aromatic nitrogens is 4. The summed E-state index contributed by atoms with van der Waals surface area (Å²) in [5.41, 5.74) is 14.3. The lowest BCUT2D eigenvalue weighted by atomic mass is 10.1. The predicted octanol–water partition coefficient (Wildman–Crippen LogP) is -3.22. The molecule has 1 fully saturated rings. The third-order valence-corrected chi connectivity index (χ3v) is 7.67. The fourth-order valence-corrected chi connectivity index (χ4v) is 5.65. The van der Waals surface area contributed by atoms with E-state index in [0.29, 0.717) is 0 Å². The van der Waals surface area contributed by atoms with Gasteiger partial charge < -0.3 is 49.3 Å². The number of phosphoric acid groups is 3. The Morgan fingerprint density at radius 2 is 1.85 bits per heavy atom. The molecule has 188 valence electrons. The predicted molar refractivity (Wildman–Crippen MR) is 95.4 cm³/mol. The maximum Gasteiger partial charge on any atom is 0.278 e. The van der Waals surface area contributed by atoms with Gasteiger partial charge in [-0.25, -0.2) is 19.3 Å². The highest BCUT2D eigenvalue weighted by Crippen LogP contribution is 2.60.